The number of aliphatic carboxylic acids is 1. The summed E-state index contributed by atoms with van der Waals surface area (Å²) in [5, 5.41) is 11.4. The number of allylic oxidation sites excluding steroid dienone is 3. The molecule has 0 radical (unpaired) electrons. The van der Waals surface area contributed by atoms with Gasteiger partial charge in [0.25, 0.3) is 0 Å². The Morgan fingerprint density at radius 3 is 2.42 bits per heavy atom. The molecule has 0 aromatic rings. The first-order valence-electron chi connectivity index (χ1n) is 3.54. The molecule has 0 bridgehead atoms. The van der Waals surface area contributed by atoms with Crippen molar-refractivity contribution in [2.45, 2.75) is 6.92 Å². The first-order valence-corrected chi connectivity index (χ1v) is 3.54. The lowest BCUT2D eigenvalue weighted by Crippen LogP contribution is -2.01. The van der Waals surface area contributed by atoms with Crippen LogP contribution in [0.15, 0.2) is 36.1 Å². The predicted molar refractivity (Wildman–Crippen MR) is 48.7 cm³/mol. The highest BCUT2D eigenvalue weighted by Crippen LogP contribution is 1.97. The molecular weight excluding hydrogens is 154 g/mol. The zero-order valence-electron chi connectivity index (χ0n) is 7.29. The molecule has 0 rings (SSSR count). The zero-order valence-corrected chi connectivity index (χ0v) is 7.29. The lowest BCUT2D eigenvalue weighted by atomic mass is 10.2. The first-order chi connectivity index (χ1) is 5.61. The summed E-state index contributed by atoms with van der Waals surface area (Å²) < 4.78 is 0. The molecule has 12 heavy (non-hydrogen) atoms. The minimum atomic E-state index is -0.967. The van der Waals surface area contributed by atoms with Crippen LogP contribution in [0.4, 0.5) is 0 Å². The lowest BCUT2D eigenvalue weighted by molar-refractivity contribution is -0.132. The molecule has 0 amide bonds. The van der Waals surface area contributed by atoms with Crippen LogP contribution in [-0.2, 0) is 4.79 Å². The van der Waals surface area contributed by atoms with Crippen molar-refractivity contribution in [2.75, 3.05) is 7.05 Å². The molecular formula is C9H13NO2. The summed E-state index contributed by atoms with van der Waals surface area (Å²) in [6, 6.07) is 0. The topological polar surface area (TPSA) is 49.3 Å². The molecule has 0 aromatic carbocycles. The van der Waals surface area contributed by atoms with Crippen LogP contribution in [0.1, 0.15) is 6.92 Å². The summed E-state index contributed by atoms with van der Waals surface area (Å²) in [7, 11) is 1.77. The second-order valence-corrected chi connectivity index (χ2v) is 2.23. The fourth-order valence-electron chi connectivity index (χ4n) is 0.525. The van der Waals surface area contributed by atoms with Crippen LogP contribution in [0.2, 0.25) is 0 Å². The van der Waals surface area contributed by atoms with E-state index < -0.39 is 5.97 Å². The molecule has 0 aliphatic rings. The van der Waals surface area contributed by atoms with Crippen LogP contribution in [0.25, 0.3) is 0 Å². The number of hydrogen-bond acceptors (Lipinski definition) is 2. The van der Waals surface area contributed by atoms with Gasteiger partial charge in [0.05, 0.1) is 5.57 Å². The van der Waals surface area contributed by atoms with Crippen molar-refractivity contribution < 1.29 is 9.90 Å². The van der Waals surface area contributed by atoms with Gasteiger partial charge in [-0.15, -0.1) is 0 Å². The molecule has 0 fully saturated rings. The predicted octanol–water partition coefficient (Wildman–Crippen LogP) is 1.31. The summed E-state index contributed by atoms with van der Waals surface area (Å²) in [5.74, 6) is -0.967. The molecule has 0 saturated carbocycles. The van der Waals surface area contributed by atoms with E-state index in [0.717, 1.165) is 5.70 Å². The molecule has 0 spiro atoms. The van der Waals surface area contributed by atoms with Gasteiger partial charge in [0.1, 0.15) is 0 Å². The maximum Gasteiger partial charge on any atom is 0.335 e. The van der Waals surface area contributed by atoms with Gasteiger partial charge in [0.15, 0.2) is 0 Å². The van der Waals surface area contributed by atoms with Gasteiger partial charge in [-0.1, -0.05) is 12.7 Å². The summed E-state index contributed by atoms with van der Waals surface area (Å²) >= 11 is 0. The average Bonchev–Trinajstić information content (AvgIpc) is 2.04. The molecule has 0 saturated heterocycles. The van der Waals surface area contributed by atoms with Gasteiger partial charge in [-0.2, -0.15) is 0 Å². The quantitative estimate of drug-likeness (QED) is 0.490. The van der Waals surface area contributed by atoms with Crippen molar-refractivity contribution in [3.8, 4) is 0 Å². The lowest BCUT2D eigenvalue weighted by Gasteiger charge is -1.95. The SMILES string of the molecule is C=C/C(=C\C=C(\C)NC)C(=O)O. The van der Waals surface area contributed by atoms with Gasteiger partial charge in [0, 0.05) is 12.7 Å². The second kappa shape index (κ2) is 5.18. The summed E-state index contributed by atoms with van der Waals surface area (Å²) in [5.41, 5.74) is 1.08. The number of nitrogens with one attached hydrogen (secondary N) is 1. The Hall–Kier alpha value is -1.51. The van der Waals surface area contributed by atoms with Gasteiger partial charge < -0.3 is 10.4 Å². The van der Waals surface area contributed by atoms with Crippen molar-refractivity contribution >= 4 is 5.97 Å². The molecule has 0 aliphatic heterocycles. The Balaban J connectivity index is 4.51. The smallest absolute Gasteiger partial charge is 0.335 e. The van der Waals surface area contributed by atoms with Crippen LogP contribution in [0.5, 0.6) is 0 Å². The molecule has 0 atom stereocenters. The Bertz CT molecular complexity index is 239. The largest absolute Gasteiger partial charge is 0.478 e. The van der Waals surface area contributed by atoms with Crippen LogP contribution in [0, 0.1) is 0 Å². The molecule has 3 nitrogen and oxygen atoms in total. The maximum atomic E-state index is 10.4. The van der Waals surface area contributed by atoms with Gasteiger partial charge in [-0.25, -0.2) is 4.79 Å². The van der Waals surface area contributed by atoms with Gasteiger partial charge in [0.2, 0.25) is 0 Å². The highest BCUT2D eigenvalue weighted by Gasteiger charge is 1.98. The van der Waals surface area contributed by atoms with Crippen molar-refractivity contribution in [3.05, 3.63) is 36.1 Å². The van der Waals surface area contributed by atoms with E-state index in [0.29, 0.717) is 0 Å². The van der Waals surface area contributed by atoms with Crippen molar-refractivity contribution in [3.63, 3.8) is 0 Å². The first kappa shape index (κ1) is 10.5. The van der Waals surface area contributed by atoms with E-state index >= 15 is 0 Å². The van der Waals surface area contributed by atoms with Crippen LogP contribution in [0.3, 0.4) is 0 Å². The Morgan fingerprint density at radius 1 is 1.50 bits per heavy atom. The van der Waals surface area contributed by atoms with E-state index in [1.165, 1.54) is 12.2 Å². The maximum absolute atomic E-state index is 10.4. The minimum absolute atomic E-state index is 0.185. The fourth-order valence-corrected chi connectivity index (χ4v) is 0.525. The summed E-state index contributed by atoms with van der Waals surface area (Å²) in [6.45, 7) is 5.23. The number of hydrogen-bond donors (Lipinski definition) is 2. The van der Waals surface area contributed by atoms with E-state index in [2.05, 4.69) is 11.9 Å². The average molecular weight is 167 g/mol. The second-order valence-electron chi connectivity index (χ2n) is 2.23. The highest BCUT2D eigenvalue weighted by molar-refractivity contribution is 5.89. The molecule has 0 heterocycles. The van der Waals surface area contributed by atoms with Crippen molar-refractivity contribution in [1.82, 2.24) is 5.32 Å². The molecule has 0 unspecified atom stereocenters. The molecule has 0 aromatic heterocycles. The van der Waals surface area contributed by atoms with Crippen molar-refractivity contribution in [1.29, 1.82) is 0 Å². The minimum Gasteiger partial charge on any atom is -0.478 e. The van der Waals surface area contributed by atoms with Gasteiger partial charge in [-0.3, -0.25) is 0 Å². The standard InChI is InChI=1S/C9H13NO2/c1-4-8(9(11)12)6-5-7(2)10-3/h4-6,10H,1H2,2-3H3,(H,11,12)/b7-5-,8-6+. The van der Waals surface area contributed by atoms with Crippen LogP contribution < -0.4 is 5.32 Å². The third-order valence-electron chi connectivity index (χ3n) is 1.37. The Labute approximate surface area is 72.1 Å². The third-order valence-corrected chi connectivity index (χ3v) is 1.37. The summed E-state index contributed by atoms with van der Waals surface area (Å²) in [4.78, 5) is 10.4. The zero-order chi connectivity index (χ0) is 9.56. The Morgan fingerprint density at radius 2 is 2.08 bits per heavy atom. The number of carbonyl (C=O) groups is 1. The normalized spacial score (nSPS) is 12.5. The van der Waals surface area contributed by atoms with E-state index in [1.54, 1.807) is 13.1 Å². The number of carboxylic acids is 1. The third kappa shape index (κ3) is 3.61. The van der Waals surface area contributed by atoms with E-state index in [9.17, 15) is 4.79 Å². The highest BCUT2D eigenvalue weighted by atomic mass is 16.4. The molecule has 2 N–H and O–H groups in total. The molecule has 3 heteroatoms. The number of carboxylic acid groups (broad SMARTS) is 1. The molecule has 0 aliphatic carbocycles. The van der Waals surface area contributed by atoms with E-state index in [-0.39, 0.29) is 5.57 Å². The Kier molecular flexibility index (Phi) is 4.53. The van der Waals surface area contributed by atoms with Gasteiger partial charge >= 0.3 is 5.97 Å². The van der Waals surface area contributed by atoms with E-state index in [4.69, 9.17) is 5.11 Å². The van der Waals surface area contributed by atoms with Crippen LogP contribution >= 0.6 is 0 Å². The van der Waals surface area contributed by atoms with Crippen molar-refractivity contribution in [2.24, 2.45) is 0 Å². The van der Waals surface area contributed by atoms with Crippen LogP contribution in [-0.4, -0.2) is 18.1 Å². The number of rotatable bonds is 4. The monoisotopic (exact) mass is 167 g/mol. The summed E-state index contributed by atoms with van der Waals surface area (Å²) in [6.07, 6.45) is 4.49. The fraction of sp³-hybridized carbons (Fsp3) is 0.222. The van der Waals surface area contributed by atoms with Gasteiger partial charge in [-0.05, 0) is 19.1 Å². The molecule has 66 valence electrons. The van der Waals surface area contributed by atoms with E-state index in [1.807, 2.05) is 6.92 Å².